The summed E-state index contributed by atoms with van der Waals surface area (Å²) in [5.74, 6) is 1.36. The number of phenolic OH excluding ortho intramolecular Hbond substituents is 1. The first-order chi connectivity index (χ1) is 11.7. The van der Waals surface area contributed by atoms with Gasteiger partial charge in [0.2, 0.25) is 5.90 Å². The lowest BCUT2D eigenvalue weighted by atomic mass is 10.1. The maximum atomic E-state index is 12.1. The molecule has 5 heteroatoms. The number of ketones is 1. The zero-order valence-electron chi connectivity index (χ0n) is 13.0. The van der Waals surface area contributed by atoms with E-state index >= 15 is 0 Å². The van der Waals surface area contributed by atoms with Crippen molar-refractivity contribution < 1.29 is 19.4 Å². The Morgan fingerprint density at radius 2 is 1.92 bits per heavy atom. The summed E-state index contributed by atoms with van der Waals surface area (Å²) in [7, 11) is 0. The molecule has 0 radical (unpaired) electrons. The van der Waals surface area contributed by atoms with E-state index in [2.05, 4.69) is 4.99 Å². The van der Waals surface area contributed by atoms with Crippen LogP contribution in [0.2, 0.25) is 0 Å². The van der Waals surface area contributed by atoms with Crippen LogP contribution in [0.3, 0.4) is 0 Å². The number of aromatic hydroxyl groups is 1. The number of ether oxygens (including phenoxy) is 2. The van der Waals surface area contributed by atoms with Gasteiger partial charge in [-0.15, -0.1) is 0 Å². The Bertz CT molecular complexity index is 761. The number of aliphatic imine (C=N–C) groups is 1. The highest BCUT2D eigenvalue weighted by molar-refractivity contribution is 6.06. The molecule has 0 bridgehead atoms. The fraction of sp³-hybridized carbons (Fsp3) is 0.158. The van der Waals surface area contributed by atoms with Crippen LogP contribution in [0.15, 0.2) is 59.6 Å². The highest BCUT2D eigenvalue weighted by Crippen LogP contribution is 2.15. The molecule has 0 saturated heterocycles. The molecule has 2 aromatic carbocycles. The Morgan fingerprint density at radius 1 is 1.17 bits per heavy atom. The fourth-order valence-electron chi connectivity index (χ4n) is 2.18. The van der Waals surface area contributed by atoms with Crippen LogP contribution in [0.5, 0.6) is 11.5 Å². The van der Waals surface area contributed by atoms with Crippen molar-refractivity contribution in [2.45, 2.75) is 0 Å². The number of carbonyl (C=O) groups excluding carboxylic acids is 1. The maximum Gasteiger partial charge on any atom is 0.222 e. The van der Waals surface area contributed by atoms with E-state index in [0.29, 0.717) is 37.0 Å². The summed E-state index contributed by atoms with van der Waals surface area (Å²) in [4.78, 5) is 16.3. The Labute approximate surface area is 139 Å². The second-order valence-corrected chi connectivity index (χ2v) is 5.23. The van der Waals surface area contributed by atoms with Crippen molar-refractivity contribution in [1.82, 2.24) is 0 Å². The molecule has 0 spiro atoms. The molecule has 122 valence electrons. The van der Waals surface area contributed by atoms with E-state index in [1.54, 1.807) is 54.6 Å². The van der Waals surface area contributed by atoms with Crippen LogP contribution in [0.25, 0.3) is 6.08 Å². The molecule has 0 amide bonds. The first kappa shape index (κ1) is 15.8. The third-order valence-electron chi connectivity index (χ3n) is 3.47. The zero-order valence-corrected chi connectivity index (χ0v) is 13.0. The van der Waals surface area contributed by atoms with Crippen molar-refractivity contribution in [3.8, 4) is 11.5 Å². The summed E-state index contributed by atoms with van der Waals surface area (Å²) in [6.07, 6.45) is 3.21. The van der Waals surface area contributed by atoms with Gasteiger partial charge < -0.3 is 14.6 Å². The Morgan fingerprint density at radius 3 is 2.58 bits per heavy atom. The first-order valence-corrected chi connectivity index (χ1v) is 7.61. The summed E-state index contributed by atoms with van der Waals surface area (Å²) < 4.78 is 10.8. The summed E-state index contributed by atoms with van der Waals surface area (Å²) in [6.45, 7) is 1.59. The third-order valence-corrected chi connectivity index (χ3v) is 3.47. The number of allylic oxidation sites excluding steroid dienone is 1. The van der Waals surface area contributed by atoms with Crippen LogP contribution < -0.4 is 4.74 Å². The smallest absolute Gasteiger partial charge is 0.222 e. The Kier molecular flexibility index (Phi) is 4.91. The number of nitrogens with zero attached hydrogens (tertiary/aromatic N) is 1. The van der Waals surface area contributed by atoms with Gasteiger partial charge in [0.15, 0.2) is 12.4 Å². The second kappa shape index (κ2) is 7.46. The van der Waals surface area contributed by atoms with E-state index in [0.717, 1.165) is 5.56 Å². The number of rotatable bonds is 6. The molecule has 0 aromatic heterocycles. The van der Waals surface area contributed by atoms with Gasteiger partial charge in [-0.3, -0.25) is 4.79 Å². The SMILES string of the molecule is O=C(/C=C/c1ccc(O)cc1)c1ccc(OCC2=NCCO2)cc1. The van der Waals surface area contributed by atoms with Crippen LogP contribution in [0.4, 0.5) is 0 Å². The van der Waals surface area contributed by atoms with E-state index in [-0.39, 0.29) is 11.5 Å². The lowest BCUT2D eigenvalue weighted by molar-refractivity contribution is 0.104. The quantitative estimate of drug-likeness (QED) is 0.655. The van der Waals surface area contributed by atoms with Crippen molar-refractivity contribution >= 4 is 17.8 Å². The fourth-order valence-corrected chi connectivity index (χ4v) is 2.18. The predicted octanol–water partition coefficient (Wildman–Crippen LogP) is 3.10. The third kappa shape index (κ3) is 4.23. The molecule has 5 nitrogen and oxygen atoms in total. The van der Waals surface area contributed by atoms with Gasteiger partial charge in [0, 0.05) is 5.56 Å². The van der Waals surface area contributed by atoms with Gasteiger partial charge in [-0.25, -0.2) is 4.99 Å². The highest BCUT2D eigenvalue weighted by atomic mass is 16.5. The Hall–Kier alpha value is -3.08. The molecule has 0 atom stereocenters. The minimum Gasteiger partial charge on any atom is -0.508 e. The molecule has 3 rings (SSSR count). The minimum absolute atomic E-state index is 0.0990. The number of benzene rings is 2. The van der Waals surface area contributed by atoms with Crippen LogP contribution in [-0.4, -0.2) is 36.5 Å². The van der Waals surface area contributed by atoms with Gasteiger partial charge in [-0.1, -0.05) is 18.2 Å². The summed E-state index contributed by atoms with van der Waals surface area (Å²) in [5.41, 5.74) is 1.42. The summed E-state index contributed by atoms with van der Waals surface area (Å²) in [5, 5.41) is 9.23. The predicted molar refractivity (Wildman–Crippen MR) is 91.7 cm³/mol. The maximum absolute atomic E-state index is 12.1. The number of phenols is 1. The largest absolute Gasteiger partial charge is 0.508 e. The Balaban J connectivity index is 1.57. The second-order valence-electron chi connectivity index (χ2n) is 5.23. The molecular weight excluding hydrogens is 306 g/mol. The molecule has 0 unspecified atom stereocenters. The van der Waals surface area contributed by atoms with Crippen molar-refractivity contribution in [2.24, 2.45) is 4.99 Å². The van der Waals surface area contributed by atoms with Crippen LogP contribution in [-0.2, 0) is 4.74 Å². The molecule has 24 heavy (non-hydrogen) atoms. The van der Waals surface area contributed by atoms with Gasteiger partial charge in [0.1, 0.15) is 18.1 Å². The van der Waals surface area contributed by atoms with Crippen molar-refractivity contribution in [2.75, 3.05) is 19.8 Å². The van der Waals surface area contributed by atoms with E-state index in [1.807, 2.05) is 0 Å². The molecular formula is C19H17NO4. The molecule has 1 N–H and O–H groups in total. The number of hydrogen-bond donors (Lipinski definition) is 1. The molecule has 0 saturated carbocycles. The average Bonchev–Trinajstić information content (AvgIpc) is 3.13. The van der Waals surface area contributed by atoms with E-state index in [9.17, 15) is 9.90 Å². The minimum atomic E-state index is -0.0990. The van der Waals surface area contributed by atoms with Crippen LogP contribution >= 0.6 is 0 Å². The normalized spacial score (nSPS) is 13.6. The molecule has 1 aliphatic rings. The summed E-state index contributed by atoms with van der Waals surface area (Å²) in [6, 6.07) is 13.6. The molecule has 0 aliphatic carbocycles. The van der Waals surface area contributed by atoms with Crippen LogP contribution in [0.1, 0.15) is 15.9 Å². The van der Waals surface area contributed by atoms with Gasteiger partial charge in [0.05, 0.1) is 6.54 Å². The molecule has 2 aromatic rings. The number of carbonyl (C=O) groups is 1. The molecule has 0 fully saturated rings. The standard InChI is InChI=1S/C19H17NO4/c21-16-6-1-14(2-7-16)3-10-18(22)15-4-8-17(9-5-15)24-13-19-20-11-12-23-19/h1-10,21H,11-13H2/b10-3+. The van der Waals surface area contributed by atoms with Crippen molar-refractivity contribution in [1.29, 1.82) is 0 Å². The van der Waals surface area contributed by atoms with E-state index in [4.69, 9.17) is 9.47 Å². The van der Waals surface area contributed by atoms with Gasteiger partial charge in [-0.2, -0.15) is 0 Å². The lowest BCUT2D eigenvalue weighted by Gasteiger charge is -2.06. The van der Waals surface area contributed by atoms with E-state index < -0.39 is 0 Å². The molecule has 1 heterocycles. The van der Waals surface area contributed by atoms with E-state index in [1.165, 1.54) is 6.08 Å². The lowest BCUT2D eigenvalue weighted by Crippen LogP contribution is -2.11. The van der Waals surface area contributed by atoms with Gasteiger partial charge in [0.25, 0.3) is 0 Å². The monoisotopic (exact) mass is 323 g/mol. The van der Waals surface area contributed by atoms with Gasteiger partial charge >= 0.3 is 0 Å². The number of hydrogen-bond acceptors (Lipinski definition) is 5. The molecule has 1 aliphatic heterocycles. The topological polar surface area (TPSA) is 68.1 Å². The van der Waals surface area contributed by atoms with Gasteiger partial charge in [-0.05, 0) is 48.0 Å². The van der Waals surface area contributed by atoms with Crippen molar-refractivity contribution in [3.63, 3.8) is 0 Å². The average molecular weight is 323 g/mol. The first-order valence-electron chi connectivity index (χ1n) is 7.61. The van der Waals surface area contributed by atoms with Crippen LogP contribution in [0, 0.1) is 0 Å². The zero-order chi connectivity index (χ0) is 16.8. The highest BCUT2D eigenvalue weighted by Gasteiger charge is 2.08. The summed E-state index contributed by atoms with van der Waals surface area (Å²) >= 11 is 0. The van der Waals surface area contributed by atoms with Crippen molar-refractivity contribution in [3.05, 3.63) is 65.7 Å².